The molecule has 0 saturated carbocycles. The second-order valence-electron chi connectivity index (χ2n) is 2.56. The molecule has 0 aromatic carbocycles. The molecule has 1 aliphatic heterocycles. The topological polar surface area (TPSA) is 15.3 Å². The minimum absolute atomic E-state index is 0.0174. The zero-order valence-electron chi connectivity index (χ0n) is 6.15. The number of piperazine rings is 1. The van der Waals surface area contributed by atoms with E-state index in [0.717, 1.165) is 0 Å². The zero-order valence-corrected chi connectivity index (χ0v) is 6.15. The van der Waals surface area contributed by atoms with Crippen LogP contribution < -0.4 is 5.32 Å². The van der Waals surface area contributed by atoms with Gasteiger partial charge in [-0.3, -0.25) is 4.90 Å². The SMILES string of the molecule is CN1[CH]CNCC1C(F)(F)F. The zero-order chi connectivity index (χ0) is 8.48. The minimum atomic E-state index is -4.13. The molecule has 1 rings (SSSR count). The third-order valence-corrected chi connectivity index (χ3v) is 1.73. The Balaban J connectivity index is 2.55. The van der Waals surface area contributed by atoms with Crippen LogP contribution in [0.1, 0.15) is 0 Å². The van der Waals surface area contributed by atoms with Crippen molar-refractivity contribution in [1.29, 1.82) is 0 Å². The number of hydrogen-bond acceptors (Lipinski definition) is 2. The smallest absolute Gasteiger partial charge is 0.313 e. The highest BCUT2D eigenvalue weighted by atomic mass is 19.4. The quantitative estimate of drug-likeness (QED) is 0.568. The molecule has 0 aliphatic carbocycles. The first kappa shape index (κ1) is 8.80. The van der Waals surface area contributed by atoms with E-state index >= 15 is 0 Å². The van der Waals surface area contributed by atoms with Crippen LogP contribution in [0.25, 0.3) is 0 Å². The molecule has 65 valence electrons. The van der Waals surface area contributed by atoms with Gasteiger partial charge in [-0.1, -0.05) is 0 Å². The summed E-state index contributed by atoms with van der Waals surface area (Å²) in [6.07, 6.45) is -4.13. The van der Waals surface area contributed by atoms with Gasteiger partial charge in [0.2, 0.25) is 0 Å². The fourth-order valence-corrected chi connectivity index (χ4v) is 1.05. The minimum Gasteiger partial charge on any atom is -0.313 e. The third kappa shape index (κ3) is 2.07. The van der Waals surface area contributed by atoms with Crippen LogP contribution in [-0.2, 0) is 0 Å². The second kappa shape index (κ2) is 2.98. The van der Waals surface area contributed by atoms with Gasteiger partial charge in [0.25, 0.3) is 0 Å². The monoisotopic (exact) mass is 167 g/mol. The highest BCUT2D eigenvalue weighted by Gasteiger charge is 2.43. The van der Waals surface area contributed by atoms with Crippen molar-refractivity contribution in [2.24, 2.45) is 0 Å². The van der Waals surface area contributed by atoms with Crippen LogP contribution in [0.4, 0.5) is 13.2 Å². The first-order valence-corrected chi connectivity index (χ1v) is 3.34. The van der Waals surface area contributed by atoms with E-state index in [0.29, 0.717) is 6.54 Å². The Kier molecular flexibility index (Phi) is 2.39. The molecule has 0 aromatic heterocycles. The summed E-state index contributed by atoms with van der Waals surface area (Å²) < 4.78 is 36.3. The first-order chi connectivity index (χ1) is 5.02. The number of rotatable bonds is 0. The standard InChI is InChI=1S/C6H10F3N2/c1-11-3-2-10-4-5(11)6(7,8)9/h3,5,10H,2,4H2,1H3. The predicted octanol–water partition coefficient (Wildman–Crippen LogP) is 0.614. The van der Waals surface area contributed by atoms with Crippen LogP contribution in [0.15, 0.2) is 0 Å². The average molecular weight is 167 g/mol. The molecule has 11 heavy (non-hydrogen) atoms. The number of halogens is 3. The molecule has 0 aromatic rings. The van der Waals surface area contributed by atoms with Gasteiger partial charge >= 0.3 is 6.18 Å². The highest BCUT2D eigenvalue weighted by Crippen LogP contribution is 2.25. The molecular formula is C6H10F3N2. The Hall–Kier alpha value is -0.290. The highest BCUT2D eigenvalue weighted by molar-refractivity contribution is 4.88. The lowest BCUT2D eigenvalue weighted by molar-refractivity contribution is -0.178. The van der Waals surface area contributed by atoms with Gasteiger partial charge < -0.3 is 5.32 Å². The van der Waals surface area contributed by atoms with Crippen LogP contribution in [0.3, 0.4) is 0 Å². The summed E-state index contributed by atoms with van der Waals surface area (Å²) in [6.45, 7) is 2.00. The maximum atomic E-state index is 12.1. The van der Waals surface area contributed by atoms with Crippen LogP contribution >= 0.6 is 0 Å². The van der Waals surface area contributed by atoms with E-state index < -0.39 is 12.2 Å². The van der Waals surface area contributed by atoms with Gasteiger partial charge in [0.05, 0.1) is 0 Å². The molecule has 1 fully saturated rings. The largest absolute Gasteiger partial charge is 0.405 e. The van der Waals surface area contributed by atoms with Gasteiger partial charge in [-0.25, -0.2) is 0 Å². The molecule has 1 saturated heterocycles. The summed E-state index contributed by atoms with van der Waals surface area (Å²) in [5.41, 5.74) is 0. The molecule has 1 heterocycles. The lowest BCUT2D eigenvalue weighted by Crippen LogP contribution is -2.53. The molecule has 1 N–H and O–H groups in total. The van der Waals surface area contributed by atoms with Crippen molar-refractivity contribution in [3.05, 3.63) is 6.54 Å². The number of likely N-dealkylation sites (N-methyl/N-ethyl adjacent to an activating group) is 1. The number of nitrogens with one attached hydrogen (secondary N) is 1. The summed E-state index contributed by atoms with van der Waals surface area (Å²) in [4.78, 5) is 1.20. The van der Waals surface area contributed by atoms with Crippen molar-refractivity contribution < 1.29 is 13.2 Å². The van der Waals surface area contributed by atoms with Gasteiger partial charge in [-0.2, -0.15) is 13.2 Å². The molecule has 0 amide bonds. The van der Waals surface area contributed by atoms with E-state index in [1.807, 2.05) is 0 Å². The Labute approximate surface area is 63.4 Å². The Morgan fingerprint density at radius 3 is 2.55 bits per heavy atom. The molecular weight excluding hydrogens is 157 g/mol. The number of hydrogen-bond donors (Lipinski definition) is 1. The summed E-state index contributed by atoms with van der Waals surface area (Å²) in [5, 5.41) is 2.65. The second-order valence-corrected chi connectivity index (χ2v) is 2.56. The van der Waals surface area contributed by atoms with Crippen LogP contribution in [0.2, 0.25) is 0 Å². The summed E-state index contributed by atoms with van der Waals surface area (Å²) in [6, 6.07) is -1.36. The molecule has 1 aliphatic rings. The molecule has 1 unspecified atom stereocenters. The summed E-state index contributed by atoms with van der Waals surface area (Å²) >= 11 is 0. The van der Waals surface area contributed by atoms with E-state index in [4.69, 9.17) is 0 Å². The molecule has 2 nitrogen and oxygen atoms in total. The van der Waals surface area contributed by atoms with Gasteiger partial charge in [0.15, 0.2) is 0 Å². The maximum absolute atomic E-state index is 12.1. The molecule has 5 heteroatoms. The Morgan fingerprint density at radius 2 is 2.18 bits per heavy atom. The van der Waals surface area contributed by atoms with E-state index in [9.17, 15) is 13.2 Å². The molecule has 0 bridgehead atoms. The van der Waals surface area contributed by atoms with E-state index in [1.54, 1.807) is 0 Å². The van der Waals surface area contributed by atoms with E-state index in [-0.39, 0.29) is 6.54 Å². The number of nitrogens with zero attached hydrogens (tertiary/aromatic N) is 1. The van der Waals surface area contributed by atoms with Crippen LogP contribution in [-0.4, -0.2) is 37.3 Å². The maximum Gasteiger partial charge on any atom is 0.405 e. The fourth-order valence-electron chi connectivity index (χ4n) is 1.05. The van der Waals surface area contributed by atoms with Crippen molar-refractivity contribution in [3.63, 3.8) is 0 Å². The lowest BCUT2D eigenvalue weighted by Gasteiger charge is -2.33. The van der Waals surface area contributed by atoms with Crippen LogP contribution in [0.5, 0.6) is 0 Å². The average Bonchev–Trinajstić information content (AvgIpc) is 1.86. The van der Waals surface area contributed by atoms with Crippen molar-refractivity contribution in [3.8, 4) is 0 Å². The van der Waals surface area contributed by atoms with Crippen molar-refractivity contribution in [1.82, 2.24) is 10.2 Å². The lowest BCUT2D eigenvalue weighted by atomic mass is 10.2. The first-order valence-electron chi connectivity index (χ1n) is 3.34. The normalized spacial score (nSPS) is 28.9. The third-order valence-electron chi connectivity index (χ3n) is 1.73. The van der Waals surface area contributed by atoms with E-state index in [1.165, 1.54) is 18.5 Å². The van der Waals surface area contributed by atoms with Gasteiger partial charge in [0, 0.05) is 19.6 Å². The molecule has 1 atom stereocenters. The fraction of sp³-hybridized carbons (Fsp3) is 0.833. The Morgan fingerprint density at radius 1 is 1.55 bits per heavy atom. The number of alkyl halides is 3. The molecule has 1 radical (unpaired) electrons. The van der Waals surface area contributed by atoms with Gasteiger partial charge in [-0.05, 0) is 7.05 Å². The van der Waals surface area contributed by atoms with Gasteiger partial charge in [-0.15, -0.1) is 0 Å². The predicted molar refractivity (Wildman–Crippen MR) is 34.8 cm³/mol. The molecule has 0 spiro atoms. The van der Waals surface area contributed by atoms with Crippen molar-refractivity contribution in [2.75, 3.05) is 20.1 Å². The van der Waals surface area contributed by atoms with Crippen molar-refractivity contribution in [2.45, 2.75) is 12.2 Å². The van der Waals surface area contributed by atoms with Gasteiger partial charge in [0.1, 0.15) is 6.04 Å². The van der Waals surface area contributed by atoms with E-state index in [2.05, 4.69) is 5.32 Å². The Bertz CT molecular complexity index is 134. The van der Waals surface area contributed by atoms with Crippen LogP contribution in [0, 0.1) is 6.54 Å². The summed E-state index contributed by atoms with van der Waals surface area (Å²) in [7, 11) is 1.44. The van der Waals surface area contributed by atoms with Crippen molar-refractivity contribution >= 4 is 0 Å². The summed E-state index contributed by atoms with van der Waals surface area (Å²) in [5.74, 6) is 0.